The van der Waals surface area contributed by atoms with Crippen molar-refractivity contribution in [3.8, 4) is 11.5 Å². The number of aryl methyl sites for hydroxylation is 1. The van der Waals surface area contributed by atoms with Gasteiger partial charge in [-0.1, -0.05) is 41.3 Å². The molecule has 0 saturated carbocycles. The average molecular weight is 429 g/mol. The Labute approximate surface area is 176 Å². The number of fused-ring (bicyclic) bond motifs is 1. The van der Waals surface area contributed by atoms with Crippen molar-refractivity contribution in [2.75, 3.05) is 17.9 Å². The van der Waals surface area contributed by atoms with Crippen LogP contribution in [0, 0.1) is 6.92 Å². The van der Waals surface area contributed by atoms with Gasteiger partial charge in [-0.2, -0.15) is 0 Å². The standard InChI is InChI=1S/C20H20N4O3S2/c1-12-4-3-5-15(8-12)22-19-23-24-20(29-19)28-10-18(25)21-13(2)14-6-7-16-17(9-14)27-11-26-16/h3-9,13H,10-11H2,1-2H3,(H,21,25)(H,22,23). The summed E-state index contributed by atoms with van der Waals surface area (Å²) in [5.74, 6) is 1.65. The normalized spacial score (nSPS) is 13.2. The van der Waals surface area contributed by atoms with E-state index in [1.54, 1.807) is 0 Å². The Hall–Kier alpha value is -2.78. The van der Waals surface area contributed by atoms with E-state index in [9.17, 15) is 4.79 Å². The van der Waals surface area contributed by atoms with Crippen LogP contribution in [-0.4, -0.2) is 28.7 Å². The highest BCUT2D eigenvalue weighted by Gasteiger charge is 2.17. The van der Waals surface area contributed by atoms with E-state index in [-0.39, 0.29) is 24.5 Å². The van der Waals surface area contributed by atoms with Crippen molar-refractivity contribution in [2.24, 2.45) is 0 Å². The Balaban J connectivity index is 1.28. The zero-order valence-electron chi connectivity index (χ0n) is 16.0. The van der Waals surface area contributed by atoms with Gasteiger partial charge in [0.2, 0.25) is 17.8 Å². The molecule has 0 saturated heterocycles. The van der Waals surface area contributed by atoms with Crippen molar-refractivity contribution in [1.29, 1.82) is 0 Å². The number of aromatic nitrogens is 2. The Kier molecular flexibility index (Phi) is 5.86. The van der Waals surface area contributed by atoms with Gasteiger partial charge in [0.15, 0.2) is 15.8 Å². The summed E-state index contributed by atoms with van der Waals surface area (Å²) in [5.41, 5.74) is 3.10. The predicted octanol–water partition coefficient (Wildman–Crippen LogP) is 4.29. The molecule has 1 aliphatic heterocycles. The van der Waals surface area contributed by atoms with E-state index < -0.39 is 0 Å². The summed E-state index contributed by atoms with van der Waals surface area (Å²) in [5, 5.41) is 15.2. The highest BCUT2D eigenvalue weighted by Crippen LogP contribution is 2.34. The molecular weight excluding hydrogens is 408 g/mol. The SMILES string of the molecule is Cc1cccc(Nc2nnc(SCC(=O)NC(C)c3ccc4c(c3)OCO4)s2)c1. The molecule has 1 unspecified atom stereocenters. The van der Waals surface area contributed by atoms with E-state index in [1.165, 1.54) is 28.7 Å². The van der Waals surface area contributed by atoms with Gasteiger partial charge in [-0.3, -0.25) is 4.79 Å². The third-order valence-corrected chi connectivity index (χ3v) is 6.25. The second-order valence-electron chi connectivity index (χ2n) is 6.56. The largest absolute Gasteiger partial charge is 0.454 e. The van der Waals surface area contributed by atoms with Crippen LogP contribution in [0.3, 0.4) is 0 Å². The Bertz CT molecular complexity index is 1020. The molecule has 29 heavy (non-hydrogen) atoms. The number of nitrogens with zero attached hydrogens (tertiary/aromatic N) is 2. The Morgan fingerprint density at radius 1 is 1.21 bits per heavy atom. The molecule has 1 aliphatic rings. The van der Waals surface area contributed by atoms with Gasteiger partial charge in [0.1, 0.15) is 0 Å². The number of carbonyl (C=O) groups excluding carboxylic acids is 1. The summed E-state index contributed by atoms with van der Waals surface area (Å²) in [6.45, 7) is 4.21. The van der Waals surface area contributed by atoms with Gasteiger partial charge in [0.05, 0.1) is 11.8 Å². The fraction of sp³-hybridized carbons (Fsp3) is 0.250. The first-order valence-electron chi connectivity index (χ1n) is 9.06. The number of rotatable bonds is 7. The Morgan fingerprint density at radius 2 is 2.07 bits per heavy atom. The maximum absolute atomic E-state index is 12.3. The molecule has 1 atom stereocenters. The second-order valence-corrected chi connectivity index (χ2v) is 8.76. The molecule has 1 aromatic heterocycles. The van der Waals surface area contributed by atoms with Crippen LogP contribution < -0.4 is 20.1 Å². The molecule has 1 amide bonds. The van der Waals surface area contributed by atoms with Crippen molar-refractivity contribution >= 4 is 39.8 Å². The lowest BCUT2D eigenvalue weighted by molar-refractivity contribution is -0.119. The lowest BCUT2D eigenvalue weighted by Gasteiger charge is -2.14. The smallest absolute Gasteiger partial charge is 0.231 e. The number of thioether (sulfide) groups is 1. The van der Waals surface area contributed by atoms with Crippen molar-refractivity contribution in [3.63, 3.8) is 0 Å². The molecule has 0 aliphatic carbocycles. The molecule has 2 N–H and O–H groups in total. The van der Waals surface area contributed by atoms with Crippen LogP contribution in [0.4, 0.5) is 10.8 Å². The quantitative estimate of drug-likeness (QED) is 0.543. The van der Waals surface area contributed by atoms with Crippen LogP contribution in [0.5, 0.6) is 11.5 Å². The van der Waals surface area contributed by atoms with E-state index in [0.29, 0.717) is 10.9 Å². The van der Waals surface area contributed by atoms with Crippen LogP contribution >= 0.6 is 23.1 Å². The zero-order valence-corrected chi connectivity index (χ0v) is 17.6. The summed E-state index contributed by atoms with van der Waals surface area (Å²) < 4.78 is 11.5. The summed E-state index contributed by atoms with van der Waals surface area (Å²) in [7, 11) is 0. The molecule has 0 fully saturated rings. The van der Waals surface area contributed by atoms with Gasteiger partial charge in [0.25, 0.3) is 0 Å². The summed E-state index contributed by atoms with van der Waals surface area (Å²) in [6.07, 6.45) is 0. The van der Waals surface area contributed by atoms with Crippen LogP contribution in [0.1, 0.15) is 24.1 Å². The monoisotopic (exact) mass is 428 g/mol. The first-order valence-corrected chi connectivity index (χ1v) is 10.9. The van der Waals surface area contributed by atoms with E-state index >= 15 is 0 Å². The summed E-state index contributed by atoms with van der Waals surface area (Å²) >= 11 is 2.79. The minimum Gasteiger partial charge on any atom is -0.454 e. The number of hydrogen-bond acceptors (Lipinski definition) is 8. The molecule has 0 spiro atoms. The van der Waals surface area contributed by atoms with Crippen LogP contribution in [-0.2, 0) is 4.79 Å². The summed E-state index contributed by atoms with van der Waals surface area (Å²) in [6, 6.07) is 13.6. The number of nitrogens with one attached hydrogen (secondary N) is 2. The predicted molar refractivity (Wildman–Crippen MR) is 114 cm³/mol. The van der Waals surface area contributed by atoms with Gasteiger partial charge in [-0.05, 0) is 49.2 Å². The van der Waals surface area contributed by atoms with Gasteiger partial charge in [0, 0.05) is 5.69 Å². The minimum absolute atomic E-state index is 0.0661. The molecular formula is C20H20N4O3S2. The van der Waals surface area contributed by atoms with Crippen LogP contribution in [0.25, 0.3) is 0 Å². The first-order chi connectivity index (χ1) is 14.1. The maximum atomic E-state index is 12.3. The number of amides is 1. The van der Waals surface area contributed by atoms with E-state index in [2.05, 4.69) is 20.8 Å². The second kappa shape index (κ2) is 8.71. The Morgan fingerprint density at radius 3 is 2.93 bits per heavy atom. The lowest BCUT2D eigenvalue weighted by atomic mass is 10.1. The molecule has 2 aromatic carbocycles. The third-order valence-electron chi connectivity index (χ3n) is 4.28. The zero-order chi connectivity index (χ0) is 20.2. The van der Waals surface area contributed by atoms with E-state index in [0.717, 1.165) is 21.3 Å². The number of anilines is 2. The summed E-state index contributed by atoms with van der Waals surface area (Å²) in [4.78, 5) is 12.3. The third kappa shape index (κ3) is 4.99. The molecule has 9 heteroatoms. The van der Waals surface area contributed by atoms with E-state index in [1.807, 2.05) is 56.3 Å². The molecule has 150 valence electrons. The molecule has 7 nitrogen and oxygen atoms in total. The number of benzene rings is 2. The number of ether oxygens (including phenoxy) is 2. The van der Waals surface area contributed by atoms with Gasteiger partial charge in [-0.25, -0.2) is 0 Å². The minimum atomic E-state index is -0.134. The maximum Gasteiger partial charge on any atom is 0.231 e. The number of carbonyl (C=O) groups is 1. The molecule has 3 aromatic rings. The fourth-order valence-electron chi connectivity index (χ4n) is 2.84. The van der Waals surface area contributed by atoms with Crippen molar-refractivity contribution in [3.05, 3.63) is 53.6 Å². The molecule has 0 radical (unpaired) electrons. The fourth-order valence-corrected chi connectivity index (χ4v) is 4.42. The van der Waals surface area contributed by atoms with Crippen LogP contribution in [0.2, 0.25) is 0 Å². The molecule has 4 rings (SSSR count). The van der Waals surface area contributed by atoms with Gasteiger partial charge < -0.3 is 20.1 Å². The first kappa shape index (κ1) is 19.5. The van der Waals surface area contributed by atoms with Gasteiger partial charge >= 0.3 is 0 Å². The highest BCUT2D eigenvalue weighted by molar-refractivity contribution is 8.01. The topological polar surface area (TPSA) is 85.4 Å². The lowest BCUT2D eigenvalue weighted by Crippen LogP contribution is -2.28. The van der Waals surface area contributed by atoms with Crippen LogP contribution in [0.15, 0.2) is 46.8 Å². The average Bonchev–Trinajstić information content (AvgIpc) is 3.35. The highest BCUT2D eigenvalue weighted by atomic mass is 32.2. The molecule has 2 heterocycles. The number of hydrogen-bond donors (Lipinski definition) is 2. The molecule has 0 bridgehead atoms. The van der Waals surface area contributed by atoms with Gasteiger partial charge in [-0.15, -0.1) is 10.2 Å². The van der Waals surface area contributed by atoms with Crippen molar-refractivity contribution in [1.82, 2.24) is 15.5 Å². The van der Waals surface area contributed by atoms with E-state index in [4.69, 9.17) is 9.47 Å². The van der Waals surface area contributed by atoms with Crippen molar-refractivity contribution in [2.45, 2.75) is 24.2 Å². The van der Waals surface area contributed by atoms with Crippen molar-refractivity contribution < 1.29 is 14.3 Å².